The molecule has 1 rings (SSSR count). The molecule has 1 heterocycles. The largest absolute Gasteiger partial charge is 0.394 e. The number of carbonyl (C=O) groups is 1. The molecule has 0 saturated carbocycles. The Morgan fingerprint density at radius 2 is 2.40 bits per heavy atom. The maximum Gasteiger partial charge on any atom is 0.320 e. The van der Waals surface area contributed by atoms with E-state index in [1.165, 1.54) is 12.1 Å². The van der Waals surface area contributed by atoms with Crippen LogP contribution in [0.15, 0.2) is 18.3 Å². The zero-order chi connectivity index (χ0) is 11.3. The highest BCUT2D eigenvalue weighted by Crippen LogP contribution is 2.02. The van der Waals surface area contributed by atoms with Crippen LogP contribution in [0.2, 0.25) is 0 Å². The summed E-state index contributed by atoms with van der Waals surface area (Å²) in [4.78, 5) is 14.8. The van der Waals surface area contributed by atoms with Crippen LogP contribution in [-0.2, 0) is 0 Å². The fourth-order valence-electron chi connectivity index (χ4n) is 0.872. The Bertz CT molecular complexity index is 329. The molecule has 0 aromatic carbocycles. The second-order valence-electron chi connectivity index (χ2n) is 3.04. The average Bonchev–Trinajstić information content (AvgIpc) is 2.21. The number of halogens is 1. The maximum atomic E-state index is 12.5. The van der Waals surface area contributed by atoms with Gasteiger partial charge in [0.05, 0.1) is 18.8 Å². The van der Waals surface area contributed by atoms with Crippen molar-refractivity contribution in [2.24, 2.45) is 0 Å². The quantitative estimate of drug-likeness (QED) is 0.692. The van der Waals surface area contributed by atoms with Gasteiger partial charge in [0, 0.05) is 0 Å². The lowest BCUT2D eigenvalue weighted by Crippen LogP contribution is -2.38. The van der Waals surface area contributed by atoms with Crippen molar-refractivity contribution in [3.8, 4) is 0 Å². The van der Waals surface area contributed by atoms with Gasteiger partial charge in [-0.05, 0) is 19.1 Å². The van der Waals surface area contributed by atoms with Crippen LogP contribution in [0.25, 0.3) is 0 Å². The molecule has 0 aliphatic heterocycles. The minimum absolute atomic E-state index is 0.149. The Kier molecular flexibility index (Phi) is 3.99. The SMILES string of the molecule is C[C@@H](CO)NC(=O)Nc1ccc(F)cn1. The molecule has 5 nitrogen and oxygen atoms in total. The topological polar surface area (TPSA) is 74.2 Å². The summed E-state index contributed by atoms with van der Waals surface area (Å²) in [5.74, 6) is -0.219. The molecule has 1 aromatic heterocycles. The van der Waals surface area contributed by atoms with E-state index in [9.17, 15) is 9.18 Å². The van der Waals surface area contributed by atoms with Gasteiger partial charge in [0.25, 0.3) is 0 Å². The van der Waals surface area contributed by atoms with E-state index in [0.29, 0.717) is 0 Å². The van der Waals surface area contributed by atoms with Gasteiger partial charge in [-0.1, -0.05) is 0 Å². The van der Waals surface area contributed by atoms with E-state index in [0.717, 1.165) is 6.20 Å². The first kappa shape index (κ1) is 11.4. The van der Waals surface area contributed by atoms with Crippen LogP contribution in [0, 0.1) is 5.82 Å². The summed E-state index contributed by atoms with van der Waals surface area (Å²) in [6.07, 6.45) is 1.01. The highest BCUT2D eigenvalue weighted by atomic mass is 19.1. The third-order valence-electron chi connectivity index (χ3n) is 1.62. The van der Waals surface area contributed by atoms with E-state index in [1.54, 1.807) is 6.92 Å². The molecule has 1 aromatic rings. The predicted octanol–water partition coefficient (Wildman–Crippen LogP) is 0.723. The number of aromatic nitrogens is 1. The number of hydrogen-bond acceptors (Lipinski definition) is 3. The monoisotopic (exact) mass is 213 g/mol. The van der Waals surface area contributed by atoms with Gasteiger partial charge in [0.2, 0.25) is 0 Å². The van der Waals surface area contributed by atoms with Crippen LogP contribution in [0.3, 0.4) is 0 Å². The lowest BCUT2D eigenvalue weighted by molar-refractivity contribution is 0.229. The van der Waals surface area contributed by atoms with E-state index < -0.39 is 11.8 Å². The fraction of sp³-hybridized carbons (Fsp3) is 0.333. The van der Waals surface area contributed by atoms with E-state index in [1.807, 2.05) is 0 Å². The molecule has 2 amide bonds. The predicted molar refractivity (Wildman–Crippen MR) is 52.9 cm³/mol. The second kappa shape index (κ2) is 5.26. The highest BCUT2D eigenvalue weighted by Gasteiger charge is 2.06. The fourth-order valence-corrected chi connectivity index (χ4v) is 0.872. The summed E-state index contributed by atoms with van der Waals surface area (Å²) in [5, 5.41) is 13.5. The van der Waals surface area contributed by atoms with Crippen molar-refractivity contribution < 1.29 is 14.3 Å². The molecule has 0 aliphatic carbocycles. The van der Waals surface area contributed by atoms with Gasteiger partial charge < -0.3 is 10.4 Å². The third kappa shape index (κ3) is 3.90. The molecule has 0 spiro atoms. The Morgan fingerprint density at radius 1 is 1.67 bits per heavy atom. The molecule has 0 saturated heterocycles. The number of nitrogens with zero attached hydrogens (tertiary/aromatic N) is 1. The van der Waals surface area contributed by atoms with Crippen molar-refractivity contribution in [1.29, 1.82) is 0 Å². The average molecular weight is 213 g/mol. The van der Waals surface area contributed by atoms with Crippen molar-refractivity contribution in [1.82, 2.24) is 10.3 Å². The molecule has 0 fully saturated rings. The van der Waals surface area contributed by atoms with Gasteiger partial charge in [-0.15, -0.1) is 0 Å². The van der Waals surface area contributed by atoms with Gasteiger partial charge in [-0.2, -0.15) is 0 Å². The maximum absolute atomic E-state index is 12.5. The molecule has 0 aliphatic rings. The minimum Gasteiger partial charge on any atom is -0.394 e. The molecule has 3 N–H and O–H groups in total. The van der Waals surface area contributed by atoms with Crippen LogP contribution < -0.4 is 10.6 Å². The van der Waals surface area contributed by atoms with Crippen molar-refractivity contribution in [2.75, 3.05) is 11.9 Å². The van der Waals surface area contributed by atoms with E-state index >= 15 is 0 Å². The third-order valence-corrected chi connectivity index (χ3v) is 1.62. The van der Waals surface area contributed by atoms with Crippen molar-refractivity contribution in [3.05, 3.63) is 24.1 Å². The number of pyridine rings is 1. The number of nitrogens with one attached hydrogen (secondary N) is 2. The normalized spacial score (nSPS) is 11.9. The Balaban J connectivity index is 2.48. The summed E-state index contributed by atoms with van der Waals surface area (Å²) in [6.45, 7) is 1.50. The van der Waals surface area contributed by atoms with Crippen LogP contribution in [0.1, 0.15) is 6.92 Å². The van der Waals surface area contributed by atoms with Crippen LogP contribution in [-0.4, -0.2) is 28.8 Å². The first-order chi connectivity index (χ1) is 7.11. The van der Waals surface area contributed by atoms with Gasteiger partial charge in [-0.3, -0.25) is 5.32 Å². The van der Waals surface area contributed by atoms with E-state index in [-0.39, 0.29) is 18.5 Å². The standard InChI is InChI=1S/C9H12FN3O2/c1-6(5-14)12-9(15)13-8-3-2-7(10)4-11-8/h2-4,6,14H,5H2,1H3,(H2,11,12,13,15)/t6-/m0/s1. The summed E-state index contributed by atoms with van der Waals surface area (Å²) in [6, 6.07) is 1.71. The van der Waals surface area contributed by atoms with Gasteiger partial charge in [-0.25, -0.2) is 14.2 Å². The summed E-state index contributed by atoms with van der Waals surface area (Å²) in [7, 11) is 0. The molecule has 15 heavy (non-hydrogen) atoms. The first-order valence-corrected chi connectivity index (χ1v) is 4.41. The molecular formula is C9H12FN3O2. The number of carbonyl (C=O) groups excluding carboxylic acids is 1. The number of rotatable bonds is 3. The molecule has 0 unspecified atom stereocenters. The number of aliphatic hydroxyl groups is 1. The summed E-state index contributed by atoms with van der Waals surface area (Å²) < 4.78 is 12.5. The number of urea groups is 1. The summed E-state index contributed by atoms with van der Waals surface area (Å²) >= 11 is 0. The Labute approximate surface area is 86.3 Å². The number of aliphatic hydroxyl groups excluding tert-OH is 1. The van der Waals surface area contributed by atoms with Gasteiger partial charge in [0.1, 0.15) is 11.6 Å². The first-order valence-electron chi connectivity index (χ1n) is 4.41. The van der Waals surface area contributed by atoms with Crippen molar-refractivity contribution >= 4 is 11.8 Å². The summed E-state index contributed by atoms with van der Waals surface area (Å²) in [5.41, 5.74) is 0. The molecule has 6 heteroatoms. The lowest BCUT2D eigenvalue weighted by Gasteiger charge is -2.11. The van der Waals surface area contributed by atoms with E-state index in [2.05, 4.69) is 15.6 Å². The highest BCUT2D eigenvalue weighted by molar-refractivity contribution is 5.88. The Hall–Kier alpha value is -1.69. The van der Waals surface area contributed by atoms with Crippen LogP contribution in [0.4, 0.5) is 15.0 Å². The number of hydrogen-bond donors (Lipinski definition) is 3. The van der Waals surface area contributed by atoms with Crippen LogP contribution >= 0.6 is 0 Å². The zero-order valence-electron chi connectivity index (χ0n) is 8.20. The number of anilines is 1. The van der Waals surface area contributed by atoms with Gasteiger partial charge in [0.15, 0.2) is 0 Å². The molecule has 82 valence electrons. The zero-order valence-corrected chi connectivity index (χ0v) is 8.20. The number of amides is 2. The molecule has 1 atom stereocenters. The molecular weight excluding hydrogens is 201 g/mol. The van der Waals surface area contributed by atoms with E-state index in [4.69, 9.17) is 5.11 Å². The van der Waals surface area contributed by atoms with Crippen molar-refractivity contribution in [3.63, 3.8) is 0 Å². The van der Waals surface area contributed by atoms with Gasteiger partial charge >= 0.3 is 6.03 Å². The molecule has 0 radical (unpaired) electrons. The lowest BCUT2D eigenvalue weighted by atomic mass is 10.4. The second-order valence-corrected chi connectivity index (χ2v) is 3.04. The smallest absolute Gasteiger partial charge is 0.320 e. The van der Waals surface area contributed by atoms with Crippen molar-refractivity contribution in [2.45, 2.75) is 13.0 Å². The molecule has 0 bridgehead atoms. The minimum atomic E-state index is -0.490. The van der Waals surface area contributed by atoms with Crippen LogP contribution in [0.5, 0.6) is 0 Å². The Morgan fingerprint density at radius 3 is 2.93 bits per heavy atom.